The van der Waals surface area contributed by atoms with Crippen LogP contribution in [0.3, 0.4) is 0 Å². The van der Waals surface area contributed by atoms with Crippen LogP contribution in [0.1, 0.15) is 21.5 Å². The van der Waals surface area contributed by atoms with Gasteiger partial charge in [0.25, 0.3) is 0 Å². The molecule has 0 bridgehead atoms. The largest absolute Gasteiger partial charge is 0.478 e. The van der Waals surface area contributed by atoms with Gasteiger partial charge in [0.05, 0.1) is 5.56 Å². The number of carboxylic acid groups (broad SMARTS) is 1. The number of carboxylic acids is 1. The van der Waals surface area contributed by atoms with Crippen molar-refractivity contribution in [1.29, 1.82) is 5.41 Å². The Morgan fingerprint density at radius 2 is 1.91 bits per heavy atom. The number of amidine groups is 1. The second kappa shape index (κ2) is 7.69. The quantitative estimate of drug-likeness (QED) is 0.284. The van der Waals surface area contributed by atoms with Crippen molar-refractivity contribution >= 4 is 17.5 Å². The number of benzene rings is 2. The first kappa shape index (κ1) is 16.2. The zero-order valence-electron chi connectivity index (χ0n) is 12.6. The summed E-state index contributed by atoms with van der Waals surface area (Å²) in [6.45, 7) is 0.511. The third kappa shape index (κ3) is 4.63. The van der Waals surface area contributed by atoms with Crippen molar-refractivity contribution < 1.29 is 9.90 Å². The summed E-state index contributed by atoms with van der Waals surface area (Å²) in [5, 5.41) is 27.2. The van der Waals surface area contributed by atoms with Gasteiger partial charge in [0.1, 0.15) is 0 Å². The predicted octanol–water partition coefficient (Wildman–Crippen LogP) is 2.91. The van der Waals surface area contributed by atoms with Gasteiger partial charge in [0.2, 0.25) is 0 Å². The zero-order chi connectivity index (χ0) is 16.7. The first-order valence-electron chi connectivity index (χ1n) is 6.92. The summed E-state index contributed by atoms with van der Waals surface area (Å²) in [5.74, 6) is -0.870. The van der Waals surface area contributed by atoms with Crippen LogP contribution in [-0.2, 0) is 6.54 Å². The summed E-state index contributed by atoms with van der Waals surface area (Å²) in [6, 6.07) is 14.0. The Balaban J connectivity index is 1.99. The fourth-order valence-electron chi connectivity index (χ4n) is 1.92. The molecule has 0 aromatic heterocycles. The lowest BCUT2D eigenvalue weighted by Crippen LogP contribution is -2.03. The molecule has 0 aliphatic carbocycles. The Morgan fingerprint density at radius 1 is 1.17 bits per heavy atom. The van der Waals surface area contributed by atoms with Crippen molar-refractivity contribution in [1.82, 2.24) is 5.43 Å². The number of anilines is 1. The van der Waals surface area contributed by atoms with Crippen LogP contribution >= 0.6 is 0 Å². The molecule has 0 amide bonds. The van der Waals surface area contributed by atoms with Gasteiger partial charge in [-0.25, -0.2) is 4.79 Å². The first-order valence-corrected chi connectivity index (χ1v) is 6.92. The van der Waals surface area contributed by atoms with Crippen LogP contribution in [0, 0.1) is 5.41 Å². The molecule has 0 aliphatic rings. The van der Waals surface area contributed by atoms with Gasteiger partial charge in [0.15, 0.2) is 5.84 Å². The molecule has 7 nitrogen and oxygen atoms in total. The Bertz CT molecular complexity index is 726. The fraction of sp³-hybridized carbons (Fsp3) is 0.125. The lowest BCUT2D eigenvalue weighted by molar-refractivity contribution is 0.0697. The van der Waals surface area contributed by atoms with Gasteiger partial charge in [0, 0.05) is 24.8 Å². The van der Waals surface area contributed by atoms with Crippen LogP contribution in [0.5, 0.6) is 0 Å². The van der Waals surface area contributed by atoms with E-state index >= 15 is 0 Å². The molecule has 23 heavy (non-hydrogen) atoms. The van der Waals surface area contributed by atoms with Crippen molar-refractivity contribution in [3.63, 3.8) is 0 Å². The van der Waals surface area contributed by atoms with Gasteiger partial charge in [-0.05, 0) is 42.0 Å². The molecule has 0 spiro atoms. The van der Waals surface area contributed by atoms with Crippen LogP contribution in [-0.4, -0.2) is 24.0 Å². The molecule has 2 rings (SSSR count). The maximum absolute atomic E-state index is 10.9. The van der Waals surface area contributed by atoms with Gasteiger partial charge in [-0.1, -0.05) is 17.4 Å². The lowest BCUT2D eigenvalue weighted by atomic mass is 10.1. The van der Waals surface area contributed by atoms with E-state index in [0.717, 1.165) is 11.3 Å². The summed E-state index contributed by atoms with van der Waals surface area (Å²) >= 11 is 0. The van der Waals surface area contributed by atoms with E-state index in [4.69, 9.17) is 10.5 Å². The van der Waals surface area contributed by atoms with Crippen molar-refractivity contribution in [2.45, 2.75) is 6.54 Å². The van der Waals surface area contributed by atoms with E-state index in [1.165, 1.54) is 0 Å². The Labute approximate surface area is 133 Å². The van der Waals surface area contributed by atoms with Gasteiger partial charge in [-0.3, -0.25) is 10.8 Å². The molecular weight excluding hydrogens is 294 g/mol. The molecule has 118 valence electrons. The number of carbonyl (C=O) groups is 1. The number of hydrogen-bond donors (Lipinski definition) is 4. The fourth-order valence-corrected chi connectivity index (χ4v) is 1.92. The van der Waals surface area contributed by atoms with Crippen LogP contribution in [0.2, 0.25) is 0 Å². The van der Waals surface area contributed by atoms with Crippen LogP contribution < -0.4 is 10.7 Å². The summed E-state index contributed by atoms with van der Waals surface area (Å²) in [6.07, 6.45) is 0. The molecule has 0 fully saturated rings. The number of rotatable bonds is 6. The highest BCUT2D eigenvalue weighted by Gasteiger charge is 2.04. The molecular formula is C16H17N5O2. The highest BCUT2D eigenvalue weighted by atomic mass is 16.4. The Kier molecular flexibility index (Phi) is 5.40. The molecule has 0 saturated heterocycles. The van der Waals surface area contributed by atoms with Gasteiger partial charge >= 0.3 is 5.97 Å². The number of nitrogens with one attached hydrogen (secondary N) is 3. The normalized spacial score (nSPS) is 10.5. The summed E-state index contributed by atoms with van der Waals surface area (Å²) < 4.78 is 0. The summed E-state index contributed by atoms with van der Waals surface area (Å²) in [5.41, 5.74) is 5.16. The van der Waals surface area contributed by atoms with E-state index < -0.39 is 5.97 Å². The molecule has 0 atom stereocenters. The standard InChI is InChI=1S/C16H17N5O2/c1-18-21-20-15(17)12-5-7-14(8-6-12)19-10-11-3-2-4-13(9-11)16(22)23/h2-9,19H,10H2,1H3,(H,22,23)(H2,17,18,20). The van der Waals surface area contributed by atoms with Crippen molar-refractivity contribution in [3.05, 3.63) is 65.2 Å². The predicted molar refractivity (Wildman–Crippen MR) is 87.9 cm³/mol. The number of hydrogen-bond acceptors (Lipinski definition) is 4. The monoisotopic (exact) mass is 311 g/mol. The second-order valence-corrected chi connectivity index (χ2v) is 4.71. The van der Waals surface area contributed by atoms with Crippen molar-refractivity contribution in [2.75, 3.05) is 12.4 Å². The molecule has 0 unspecified atom stereocenters. The molecule has 0 radical (unpaired) electrons. The van der Waals surface area contributed by atoms with E-state index in [-0.39, 0.29) is 11.4 Å². The van der Waals surface area contributed by atoms with E-state index in [9.17, 15) is 4.79 Å². The van der Waals surface area contributed by atoms with Gasteiger partial charge in [-0.15, -0.1) is 5.11 Å². The highest BCUT2D eigenvalue weighted by Crippen LogP contribution is 2.13. The van der Waals surface area contributed by atoms with Crippen molar-refractivity contribution in [3.8, 4) is 0 Å². The van der Waals surface area contributed by atoms with E-state index in [2.05, 4.69) is 21.1 Å². The van der Waals surface area contributed by atoms with E-state index in [1.54, 1.807) is 37.4 Å². The number of nitrogens with zero attached hydrogens (tertiary/aromatic N) is 2. The lowest BCUT2D eigenvalue weighted by Gasteiger charge is -2.08. The number of aromatic carboxylic acids is 1. The molecule has 0 aliphatic heterocycles. The summed E-state index contributed by atoms with van der Waals surface area (Å²) in [4.78, 5) is 10.9. The van der Waals surface area contributed by atoms with Crippen LogP contribution in [0.25, 0.3) is 0 Å². The highest BCUT2D eigenvalue weighted by molar-refractivity contribution is 5.96. The molecule has 4 N–H and O–H groups in total. The summed E-state index contributed by atoms with van der Waals surface area (Å²) in [7, 11) is 1.61. The SMILES string of the molecule is CN/N=N\C(=N)c1ccc(NCc2cccc(C(=O)O)c2)cc1. The smallest absolute Gasteiger partial charge is 0.335 e. The minimum Gasteiger partial charge on any atom is -0.478 e. The minimum absolute atomic E-state index is 0.0695. The third-order valence-electron chi connectivity index (χ3n) is 3.08. The topological polar surface area (TPSA) is 110 Å². The van der Waals surface area contributed by atoms with E-state index in [0.29, 0.717) is 12.1 Å². The zero-order valence-corrected chi connectivity index (χ0v) is 12.6. The van der Waals surface area contributed by atoms with Crippen LogP contribution in [0.4, 0.5) is 5.69 Å². The average molecular weight is 311 g/mol. The van der Waals surface area contributed by atoms with Crippen molar-refractivity contribution in [2.24, 2.45) is 10.3 Å². The maximum Gasteiger partial charge on any atom is 0.335 e. The Hall–Kier alpha value is -3.22. The third-order valence-corrected chi connectivity index (χ3v) is 3.08. The molecule has 2 aromatic carbocycles. The maximum atomic E-state index is 10.9. The molecule has 0 saturated carbocycles. The molecule has 2 aromatic rings. The first-order chi connectivity index (χ1) is 11.1. The van der Waals surface area contributed by atoms with Crippen LogP contribution in [0.15, 0.2) is 58.9 Å². The molecule has 7 heteroatoms. The van der Waals surface area contributed by atoms with E-state index in [1.807, 2.05) is 18.2 Å². The Morgan fingerprint density at radius 3 is 2.57 bits per heavy atom. The van der Waals surface area contributed by atoms with Gasteiger partial charge < -0.3 is 10.4 Å². The van der Waals surface area contributed by atoms with Gasteiger partial charge in [-0.2, -0.15) is 0 Å². The second-order valence-electron chi connectivity index (χ2n) is 4.71. The minimum atomic E-state index is -0.939. The molecule has 0 heterocycles. The average Bonchev–Trinajstić information content (AvgIpc) is 2.58.